The van der Waals surface area contributed by atoms with Gasteiger partial charge in [0, 0.05) is 11.6 Å². The topological polar surface area (TPSA) is 40.5 Å². The quantitative estimate of drug-likeness (QED) is 0.915. The molecule has 3 nitrogen and oxygen atoms in total. The van der Waals surface area contributed by atoms with E-state index < -0.39 is 11.5 Å². The molecule has 1 N–H and O–H groups in total. The highest BCUT2D eigenvalue weighted by Gasteiger charge is 2.46. The van der Waals surface area contributed by atoms with E-state index in [0.29, 0.717) is 15.1 Å². The largest absolute Gasteiger partial charge is 0.480 e. The lowest BCUT2D eigenvalue weighted by molar-refractivity contribution is -0.149. The molecule has 0 amide bonds. The van der Waals surface area contributed by atoms with Crippen LogP contribution in [0.5, 0.6) is 0 Å². The van der Waals surface area contributed by atoms with Gasteiger partial charge in [-0.3, -0.25) is 9.69 Å². The summed E-state index contributed by atoms with van der Waals surface area (Å²) in [7, 11) is 0. The monoisotopic (exact) mass is 307 g/mol. The van der Waals surface area contributed by atoms with Crippen molar-refractivity contribution in [3.63, 3.8) is 0 Å². The highest BCUT2D eigenvalue weighted by atomic mass is 35.5. The fourth-order valence-electron chi connectivity index (χ4n) is 2.64. The van der Waals surface area contributed by atoms with Crippen LogP contribution in [0.15, 0.2) is 6.07 Å². The maximum atomic E-state index is 11.5. The smallest absolute Gasteiger partial charge is 0.323 e. The fourth-order valence-corrected chi connectivity index (χ4v) is 4.27. The zero-order valence-corrected chi connectivity index (χ0v) is 12.6. The van der Waals surface area contributed by atoms with E-state index in [9.17, 15) is 9.90 Å². The third-order valence-electron chi connectivity index (χ3n) is 3.76. The lowest BCUT2D eigenvalue weighted by atomic mass is 9.97. The SMILES string of the molecule is CC(c1cc(Cl)sc1Cl)N1CCCC1(C)C(=O)O. The first-order chi connectivity index (χ1) is 8.36. The zero-order chi connectivity index (χ0) is 13.5. The summed E-state index contributed by atoms with van der Waals surface area (Å²) in [5.41, 5.74) is 0.109. The molecule has 0 aromatic carbocycles. The minimum Gasteiger partial charge on any atom is -0.480 e. The third-order valence-corrected chi connectivity index (χ3v) is 5.28. The number of aliphatic carboxylic acids is 1. The molecule has 2 unspecified atom stereocenters. The van der Waals surface area contributed by atoms with Crippen molar-refractivity contribution in [2.75, 3.05) is 6.54 Å². The number of carboxylic acid groups (broad SMARTS) is 1. The Hall–Kier alpha value is -0.290. The van der Waals surface area contributed by atoms with Crippen molar-refractivity contribution in [2.24, 2.45) is 0 Å². The van der Waals surface area contributed by atoms with Crippen molar-refractivity contribution < 1.29 is 9.90 Å². The minimum atomic E-state index is -0.808. The van der Waals surface area contributed by atoms with Gasteiger partial charge < -0.3 is 5.11 Å². The second kappa shape index (κ2) is 5.00. The van der Waals surface area contributed by atoms with Gasteiger partial charge in [-0.2, -0.15) is 0 Å². The molecule has 0 spiro atoms. The van der Waals surface area contributed by atoms with E-state index in [1.54, 1.807) is 6.92 Å². The van der Waals surface area contributed by atoms with E-state index in [1.807, 2.05) is 17.9 Å². The highest BCUT2D eigenvalue weighted by Crippen LogP contribution is 2.42. The lowest BCUT2D eigenvalue weighted by Crippen LogP contribution is -2.48. The molecule has 2 heterocycles. The second-order valence-corrected chi connectivity index (χ2v) is 7.12. The number of carbonyl (C=O) groups is 1. The zero-order valence-electron chi connectivity index (χ0n) is 10.2. The molecule has 2 atom stereocenters. The highest BCUT2D eigenvalue weighted by molar-refractivity contribution is 7.20. The predicted octanol–water partition coefficient (Wildman–Crippen LogP) is 4.06. The summed E-state index contributed by atoms with van der Waals surface area (Å²) in [6.45, 7) is 4.53. The fraction of sp³-hybridized carbons (Fsp3) is 0.583. The van der Waals surface area contributed by atoms with Gasteiger partial charge in [0.15, 0.2) is 0 Å². The molecule has 18 heavy (non-hydrogen) atoms. The van der Waals surface area contributed by atoms with E-state index in [2.05, 4.69) is 0 Å². The number of hydrogen-bond donors (Lipinski definition) is 1. The normalized spacial score (nSPS) is 26.4. The molecular weight excluding hydrogens is 293 g/mol. The first-order valence-corrected chi connectivity index (χ1v) is 7.38. The summed E-state index contributed by atoms with van der Waals surface area (Å²) >= 11 is 13.4. The summed E-state index contributed by atoms with van der Waals surface area (Å²) in [6.07, 6.45) is 1.56. The van der Waals surface area contributed by atoms with E-state index in [4.69, 9.17) is 23.2 Å². The van der Waals surface area contributed by atoms with Crippen LogP contribution in [0.1, 0.15) is 38.3 Å². The van der Waals surface area contributed by atoms with Crippen LogP contribution in [0.2, 0.25) is 8.67 Å². The van der Waals surface area contributed by atoms with Crippen LogP contribution in [-0.4, -0.2) is 28.1 Å². The molecule has 1 saturated heterocycles. The molecular formula is C12H15Cl2NO2S. The number of rotatable bonds is 3. The van der Waals surface area contributed by atoms with E-state index >= 15 is 0 Å². The summed E-state index contributed by atoms with van der Waals surface area (Å²) in [6, 6.07) is 1.80. The van der Waals surface area contributed by atoms with E-state index in [1.165, 1.54) is 11.3 Å². The summed E-state index contributed by atoms with van der Waals surface area (Å²) < 4.78 is 1.28. The van der Waals surface area contributed by atoms with Crippen molar-refractivity contribution in [3.05, 3.63) is 20.3 Å². The Labute approximate surface area is 120 Å². The minimum absolute atomic E-state index is 0.0372. The molecule has 2 rings (SSSR count). The number of thiophene rings is 1. The molecule has 1 aliphatic rings. The van der Waals surface area contributed by atoms with Gasteiger partial charge in [0.1, 0.15) is 5.54 Å². The first kappa shape index (κ1) is 14.1. The molecule has 100 valence electrons. The average Bonchev–Trinajstić information content (AvgIpc) is 2.82. The molecule has 1 aliphatic heterocycles. The standard InChI is InChI=1S/C12H15Cl2NO2S/c1-7(8-6-9(13)18-10(8)14)15-5-3-4-12(15,2)11(16)17/h6-7H,3-5H2,1-2H3,(H,16,17). The Morgan fingerprint density at radius 3 is 2.78 bits per heavy atom. The molecule has 1 fully saturated rings. The van der Waals surface area contributed by atoms with Crippen molar-refractivity contribution in [1.82, 2.24) is 4.90 Å². The average molecular weight is 308 g/mol. The van der Waals surface area contributed by atoms with Gasteiger partial charge in [0.2, 0.25) is 0 Å². The summed E-state index contributed by atoms with van der Waals surface area (Å²) in [5.74, 6) is -0.774. The van der Waals surface area contributed by atoms with Crippen LogP contribution >= 0.6 is 34.5 Å². The Morgan fingerprint density at radius 1 is 1.61 bits per heavy atom. The Kier molecular flexibility index (Phi) is 3.93. The van der Waals surface area contributed by atoms with Crippen molar-refractivity contribution in [3.8, 4) is 0 Å². The molecule has 0 bridgehead atoms. The number of hydrogen-bond acceptors (Lipinski definition) is 3. The van der Waals surface area contributed by atoms with Crippen LogP contribution in [0.25, 0.3) is 0 Å². The van der Waals surface area contributed by atoms with Crippen molar-refractivity contribution in [1.29, 1.82) is 0 Å². The molecule has 6 heteroatoms. The number of likely N-dealkylation sites (tertiary alicyclic amines) is 1. The Morgan fingerprint density at radius 2 is 2.28 bits per heavy atom. The van der Waals surface area contributed by atoms with Gasteiger partial charge in [0.05, 0.1) is 8.67 Å². The second-order valence-electron chi connectivity index (χ2n) is 4.83. The van der Waals surface area contributed by atoms with Crippen molar-refractivity contribution in [2.45, 2.75) is 38.3 Å². The van der Waals surface area contributed by atoms with Crippen LogP contribution in [0.4, 0.5) is 0 Å². The molecule has 0 radical (unpaired) electrons. The van der Waals surface area contributed by atoms with Crippen LogP contribution in [0, 0.1) is 0 Å². The van der Waals surface area contributed by atoms with Gasteiger partial charge in [-0.05, 0) is 39.3 Å². The first-order valence-electron chi connectivity index (χ1n) is 5.81. The van der Waals surface area contributed by atoms with Crippen molar-refractivity contribution >= 4 is 40.5 Å². The Balaban J connectivity index is 2.31. The maximum Gasteiger partial charge on any atom is 0.323 e. The number of halogens is 2. The van der Waals surface area contributed by atoms with Crippen LogP contribution in [-0.2, 0) is 4.79 Å². The van der Waals surface area contributed by atoms with Crippen LogP contribution in [0.3, 0.4) is 0 Å². The third kappa shape index (κ3) is 2.27. The predicted molar refractivity (Wildman–Crippen MR) is 74.7 cm³/mol. The molecule has 1 aromatic heterocycles. The maximum absolute atomic E-state index is 11.5. The number of carboxylic acids is 1. The molecule has 0 aliphatic carbocycles. The summed E-state index contributed by atoms with van der Waals surface area (Å²) in [4.78, 5) is 13.5. The number of nitrogens with zero attached hydrogens (tertiary/aromatic N) is 1. The van der Waals surface area contributed by atoms with Gasteiger partial charge >= 0.3 is 5.97 Å². The van der Waals surface area contributed by atoms with Gasteiger partial charge in [-0.1, -0.05) is 23.2 Å². The lowest BCUT2D eigenvalue weighted by Gasteiger charge is -2.36. The summed E-state index contributed by atoms with van der Waals surface area (Å²) in [5, 5.41) is 9.42. The van der Waals surface area contributed by atoms with Gasteiger partial charge in [-0.15, -0.1) is 11.3 Å². The van der Waals surface area contributed by atoms with E-state index in [0.717, 1.165) is 18.5 Å². The molecule has 1 aromatic rings. The van der Waals surface area contributed by atoms with Crippen LogP contribution < -0.4 is 0 Å². The van der Waals surface area contributed by atoms with E-state index in [-0.39, 0.29) is 6.04 Å². The molecule has 0 saturated carbocycles. The van der Waals surface area contributed by atoms with Gasteiger partial charge in [-0.25, -0.2) is 0 Å². The van der Waals surface area contributed by atoms with Gasteiger partial charge in [0.25, 0.3) is 0 Å². The Bertz CT molecular complexity index is 477.